The Morgan fingerprint density at radius 2 is 1.79 bits per heavy atom. The number of likely N-dealkylation sites (tertiary alicyclic amines) is 1. The number of hydrogen-bond acceptors (Lipinski definition) is 3. The first-order chi connectivity index (χ1) is 9.05. The average molecular weight is 280 g/mol. The minimum atomic E-state index is 0.177. The number of likely N-dealkylation sites (N-methyl/N-ethyl adjacent to an activating group) is 1. The second-order valence-electron chi connectivity index (χ2n) is 6.23. The second kappa shape index (κ2) is 6.38. The molecular weight excluding hydrogens is 252 g/mol. The summed E-state index contributed by atoms with van der Waals surface area (Å²) < 4.78 is 0. The van der Waals surface area contributed by atoms with Crippen LogP contribution in [-0.2, 0) is 0 Å². The van der Waals surface area contributed by atoms with Crippen molar-refractivity contribution in [1.82, 2.24) is 10.2 Å². The first kappa shape index (κ1) is 15.0. The molecule has 1 aliphatic rings. The quantitative estimate of drug-likeness (QED) is 0.897. The smallest absolute Gasteiger partial charge is 0.0594 e. The Morgan fingerprint density at radius 1 is 1.16 bits per heavy atom. The number of rotatable bonds is 4. The van der Waals surface area contributed by atoms with Crippen molar-refractivity contribution in [3.05, 3.63) is 21.9 Å². The molecule has 108 valence electrons. The Kier molecular flexibility index (Phi) is 5.04. The minimum Gasteiger partial charge on any atom is -0.311 e. The predicted molar refractivity (Wildman–Crippen MR) is 85.0 cm³/mol. The lowest BCUT2D eigenvalue weighted by Crippen LogP contribution is -2.52. The summed E-state index contributed by atoms with van der Waals surface area (Å²) in [7, 11) is 2.10. The van der Waals surface area contributed by atoms with Gasteiger partial charge in [0.1, 0.15) is 0 Å². The lowest BCUT2D eigenvalue weighted by Gasteiger charge is -2.43. The summed E-state index contributed by atoms with van der Waals surface area (Å²) in [6.45, 7) is 9.48. The summed E-state index contributed by atoms with van der Waals surface area (Å²) in [5.41, 5.74) is 0.177. The van der Waals surface area contributed by atoms with E-state index in [9.17, 15) is 0 Å². The maximum Gasteiger partial charge on any atom is 0.0594 e. The third kappa shape index (κ3) is 3.39. The highest BCUT2D eigenvalue weighted by molar-refractivity contribution is 7.12. The van der Waals surface area contributed by atoms with E-state index in [-0.39, 0.29) is 5.54 Å². The van der Waals surface area contributed by atoms with Gasteiger partial charge in [0.15, 0.2) is 0 Å². The van der Waals surface area contributed by atoms with Gasteiger partial charge in [-0.05, 0) is 65.9 Å². The van der Waals surface area contributed by atoms with E-state index in [0.29, 0.717) is 6.04 Å². The molecule has 1 unspecified atom stereocenters. The molecule has 3 heteroatoms. The SMILES string of the molecule is CNC(c1ccc(C)s1)C(C)(C)N1CCCCCC1. The van der Waals surface area contributed by atoms with Gasteiger partial charge >= 0.3 is 0 Å². The molecular formula is C16H28N2S. The van der Waals surface area contributed by atoms with Crippen LogP contribution in [0.4, 0.5) is 0 Å². The summed E-state index contributed by atoms with van der Waals surface area (Å²) in [4.78, 5) is 5.56. The Bertz CT molecular complexity index is 389. The van der Waals surface area contributed by atoms with Crippen molar-refractivity contribution < 1.29 is 0 Å². The third-order valence-electron chi connectivity index (χ3n) is 4.46. The first-order valence-electron chi connectivity index (χ1n) is 7.54. The van der Waals surface area contributed by atoms with E-state index >= 15 is 0 Å². The van der Waals surface area contributed by atoms with Gasteiger partial charge in [0.25, 0.3) is 0 Å². The van der Waals surface area contributed by atoms with Crippen molar-refractivity contribution in [3.63, 3.8) is 0 Å². The first-order valence-corrected chi connectivity index (χ1v) is 8.36. The molecule has 1 N–H and O–H groups in total. The van der Waals surface area contributed by atoms with Gasteiger partial charge in [-0.15, -0.1) is 11.3 Å². The number of hydrogen-bond donors (Lipinski definition) is 1. The standard InChI is InChI=1S/C16H28N2S/c1-13-9-10-14(19-13)15(17-4)16(2,3)18-11-7-5-6-8-12-18/h9-10,15,17H,5-8,11-12H2,1-4H3. The van der Waals surface area contributed by atoms with Crippen LogP contribution in [0.2, 0.25) is 0 Å². The Balaban J connectivity index is 2.19. The van der Waals surface area contributed by atoms with E-state index in [1.165, 1.54) is 48.5 Å². The lowest BCUT2D eigenvalue weighted by atomic mass is 9.90. The zero-order chi connectivity index (χ0) is 13.9. The van der Waals surface area contributed by atoms with Gasteiger partial charge in [-0.25, -0.2) is 0 Å². The molecule has 0 aromatic carbocycles. The topological polar surface area (TPSA) is 15.3 Å². The van der Waals surface area contributed by atoms with Crippen molar-refractivity contribution in [1.29, 1.82) is 0 Å². The fourth-order valence-corrected chi connectivity index (χ4v) is 4.45. The zero-order valence-corrected chi connectivity index (χ0v) is 13.6. The molecule has 0 bridgehead atoms. The second-order valence-corrected chi connectivity index (χ2v) is 7.54. The predicted octanol–water partition coefficient (Wildman–Crippen LogP) is 3.97. The molecule has 1 aromatic heterocycles. The van der Waals surface area contributed by atoms with Crippen LogP contribution in [0.25, 0.3) is 0 Å². The molecule has 1 atom stereocenters. The Hall–Kier alpha value is -0.380. The summed E-state index contributed by atoms with van der Waals surface area (Å²) >= 11 is 1.93. The fourth-order valence-electron chi connectivity index (χ4n) is 3.28. The highest BCUT2D eigenvalue weighted by atomic mass is 32.1. The van der Waals surface area contributed by atoms with Crippen LogP contribution in [-0.4, -0.2) is 30.6 Å². The molecule has 0 saturated carbocycles. The summed E-state index contributed by atoms with van der Waals surface area (Å²) in [5.74, 6) is 0. The molecule has 0 amide bonds. The molecule has 0 spiro atoms. The highest BCUT2D eigenvalue weighted by Crippen LogP contribution is 2.35. The van der Waals surface area contributed by atoms with Crippen LogP contribution in [0, 0.1) is 6.92 Å². The molecule has 1 saturated heterocycles. The number of aryl methyl sites for hydroxylation is 1. The van der Waals surface area contributed by atoms with E-state index in [4.69, 9.17) is 0 Å². The average Bonchev–Trinajstić information content (AvgIpc) is 2.65. The van der Waals surface area contributed by atoms with Gasteiger partial charge in [-0.1, -0.05) is 12.8 Å². The van der Waals surface area contributed by atoms with Gasteiger partial charge in [0.2, 0.25) is 0 Å². The van der Waals surface area contributed by atoms with Gasteiger partial charge < -0.3 is 5.32 Å². The van der Waals surface area contributed by atoms with E-state index in [0.717, 1.165) is 0 Å². The van der Waals surface area contributed by atoms with Crippen LogP contribution >= 0.6 is 11.3 Å². The highest BCUT2D eigenvalue weighted by Gasteiger charge is 2.36. The summed E-state index contributed by atoms with van der Waals surface area (Å²) in [6, 6.07) is 4.95. The Morgan fingerprint density at radius 3 is 2.26 bits per heavy atom. The molecule has 0 radical (unpaired) electrons. The number of nitrogens with one attached hydrogen (secondary N) is 1. The van der Waals surface area contributed by atoms with Gasteiger partial charge in [0.05, 0.1) is 6.04 Å². The third-order valence-corrected chi connectivity index (χ3v) is 5.53. The van der Waals surface area contributed by atoms with E-state index in [1.54, 1.807) is 0 Å². The van der Waals surface area contributed by atoms with Gasteiger partial charge in [-0.3, -0.25) is 4.90 Å². The van der Waals surface area contributed by atoms with Crippen LogP contribution in [0.1, 0.15) is 55.3 Å². The van der Waals surface area contributed by atoms with Crippen molar-refractivity contribution in [2.75, 3.05) is 20.1 Å². The molecule has 1 aromatic rings. The molecule has 2 rings (SSSR count). The van der Waals surface area contributed by atoms with E-state index in [1.807, 2.05) is 11.3 Å². The molecule has 19 heavy (non-hydrogen) atoms. The molecule has 2 nitrogen and oxygen atoms in total. The maximum absolute atomic E-state index is 3.56. The zero-order valence-electron chi connectivity index (χ0n) is 12.8. The van der Waals surface area contributed by atoms with Gasteiger partial charge in [0, 0.05) is 15.3 Å². The molecule has 1 aliphatic heterocycles. The van der Waals surface area contributed by atoms with Crippen molar-refractivity contribution >= 4 is 11.3 Å². The number of thiophene rings is 1. The van der Waals surface area contributed by atoms with Crippen LogP contribution in [0.5, 0.6) is 0 Å². The van der Waals surface area contributed by atoms with Crippen molar-refractivity contribution in [3.8, 4) is 0 Å². The van der Waals surface area contributed by atoms with E-state index < -0.39 is 0 Å². The Labute approximate surface area is 122 Å². The van der Waals surface area contributed by atoms with Gasteiger partial charge in [-0.2, -0.15) is 0 Å². The molecule has 2 heterocycles. The van der Waals surface area contributed by atoms with Crippen LogP contribution in [0.3, 0.4) is 0 Å². The van der Waals surface area contributed by atoms with Crippen molar-refractivity contribution in [2.45, 2.75) is 58.0 Å². The number of nitrogens with zero attached hydrogens (tertiary/aromatic N) is 1. The minimum absolute atomic E-state index is 0.177. The van der Waals surface area contributed by atoms with Crippen molar-refractivity contribution in [2.24, 2.45) is 0 Å². The normalized spacial score (nSPS) is 20.2. The monoisotopic (exact) mass is 280 g/mol. The van der Waals surface area contributed by atoms with E-state index in [2.05, 4.69) is 50.2 Å². The fraction of sp³-hybridized carbons (Fsp3) is 0.750. The maximum atomic E-state index is 3.56. The van der Waals surface area contributed by atoms with Crippen LogP contribution < -0.4 is 5.32 Å². The molecule has 0 aliphatic carbocycles. The lowest BCUT2D eigenvalue weighted by molar-refractivity contribution is 0.0877. The van der Waals surface area contributed by atoms with Crippen LogP contribution in [0.15, 0.2) is 12.1 Å². The molecule has 1 fully saturated rings. The summed E-state index contributed by atoms with van der Waals surface area (Å²) in [6.07, 6.45) is 5.50. The summed E-state index contributed by atoms with van der Waals surface area (Å²) in [5, 5.41) is 3.56. The largest absolute Gasteiger partial charge is 0.311 e.